The third kappa shape index (κ3) is 5.92. The normalized spacial score (nSPS) is 29.1. The fourth-order valence-electron chi connectivity index (χ4n) is 3.10. The quantitative estimate of drug-likeness (QED) is 0.516. The Bertz CT molecular complexity index is 169. The lowest BCUT2D eigenvalue weighted by Crippen LogP contribution is -2.12. The van der Waals surface area contributed by atoms with E-state index in [2.05, 4.69) is 20.8 Å². The monoisotopic (exact) mass is 224 g/mol. The summed E-state index contributed by atoms with van der Waals surface area (Å²) >= 11 is 0. The van der Waals surface area contributed by atoms with Gasteiger partial charge in [-0.15, -0.1) is 0 Å². The number of hydrogen-bond donors (Lipinski definition) is 0. The van der Waals surface area contributed by atoms with Gasteiger partial charge in [-0.25, -0.2) is 0 Å². The van der Waals surface area contributed by atoms with Gasteiger partial charge in [0.1, 0.15) is 0 Å². The molecule has 0 aromatic heterocycles. The van der Waals surface area contributed by atoms with E-state index in [1.54, 1.807) is 0 Å². The van der Waals surface area contributed by atoms with E-state index in [0.717, 1.165) is 5.92 Å². The van der Waals surface area contributed by atoms with Crippen molar-refractivity contribution in [3.63, 3.8) is 0 Å². The van der Waals surface area contributed by atoms with Crippen molar-refractivity contribution in [3.8, 4) is 0 Å². The molecule has 0 N–H and O–H groups in total. The molecule has 0 nitrogen and oxygen atoms in total. The second-order valence-electron chi connectivity index (χ2n) is 6.64. The highest BCUT2D eigenvalue weighted by Crippen LogP contribution is 2.32. The number of hydrogen-bond acceptors (Lipinski definition) is 0. The largest absolute Gasteiger partial charge is 0.0651 e. The third-order valence-corrected chi connectivity index (χ3v) is 4.51. The Morgan fingerprint density at radius 1 is 0.812 bits per heavy atom. The molecular weight excluding hydrogens is 192 g/mol. The van der Waals surface area contributed by atoms with Crippen molar-refractivity contribution >= 4 is 0 Å². The molecule has 0 amide bonds. The average molecular weight is 224 g/mol. The topological polar surface area (TPSA) is 0 Å². The van der Waals surface area contributed by atoms with Crippen LogP contribution in [0.2, 0.25) is 0 Å². The average Bonchev–Trinajstić information content (AvgIpc) is 2.24. The molecule has 0 aliphatic heterocycles. The first-order chi connectivity index (χ1) is 7.64. The molecule has 0 bridgehead atoms. The molecule has 0 aromatic carbocycles. The van der Waals surface area contributed by atoms with Crippen molar-refractivity contribution in [3.05, 3.63) is 0 Å². The molecule has 1 fully saturated rings. The zero-order chi connectivity index (χ0) is 11.9. The Morgan fingerprint density at radius 3 is 1.94 bits per heavy atom. The van der Waals surface area contributed by atoms with Crippen LogP contribution in [0.1, 0.15) is 91.4 Å². The van der Waals surface area contributed by atoms with Crippen molar-refractivity contribution < 1.29 is 0 Å². The highest BCUT2D eigenvalue weighted by atomic mass is 14.2. The summed E-state index contributed by atoms with van der Waals surface area (Å²) in [5.41, 5.74) is 0.612. The zero-order valence-electron chi connectivity index (χ0n) is 11.9. The van der Waals surface area contributed by atoms with Crippen LogP contribution in [0.25, 0.3) is 0 Å². The summed E-state index contributed by atoms with van der Waals surface area (Å²) in [6.07, 6.45) is 16.1. The van der Waals surface area contributed by atoms with Gasteiger partial charge in [0.25, 0.3) is 0 Å². The van der Waals surface area contributed by atoms with E-state index >= 15 is 0 Å². The molecule has 0 saturated heterocycles. The minimum Gasteiger partial charge on any atom is -0.0651 e. The van der Waals surface area contributed by atoms with Crippen molar-refractivity contribution in [2.75, 3.05) is 0 Å². The Labute approximate surface area is 103 Å². The van der Waals surface area contributed by atoms with Crippen LogP contribution in [0.15, 0.2) is 0 Å². The van der Waals surface area contributed by atoms with Gasteiger partial charge >= 0.3 is 0 Å². The minimum atomic E-state index is 0.612. The molecule has 1 unspecified atom stereocenters. The van der Waals surface area contributed by atoms with Gasteiger partial charge in [-0.2, -0.15) is 0 Å². The van der Waals surface area contributed by atoms with E-state index in [1.807, 2.05) is 0 Å². The molecule has 1 aliphatic rings. The van der Waals surface area contributed by atoms with E-state index in [-0.39, 0.29) is 0 Å². The smallest absolute Gasteiger partial charge is 0.0354 e. The van der Waals surface area contributed by atoms with Crippen LogP contribution >= 0.6 is 0 Å². The predicted molar refractivity (Wildman–Crippen MR) is 73.7 cm³/mol. The van der Waals surface area contributed by atoms with Gasteiger partial charge in [0.15, 0.2) is 0 Å². The zero-order valence-corrected chi connectivity index (χ0v) is 11.9. The molecule has 0 radical (unpaired) electrons. The summed E-state index contributed by atoms with van der Waals surface area (Å²) in [5.74, 6) is 1.03. The molecule has 96 valence electrons. The SMILES string of the molecule is CCC1CCCCCCC(C)(C)CCCC1. The Morgan fingerprint density at radius 2 is 1.31 bits per heavy atom. The molecule has 1 rings (SSSR count). The van der Waals surface area contributed by atoms with E-state index in [9.17, 15) is 0 Å². The van der Waals surface area contributed by atoms with Crippen LogP contribution in [0.4, 0.5) is 0 Å². The summed E-state index contributed by atoms with van der Waals surface area (Å²) in [6, 6.07) is 0. The molecular formula is C16H32. The first-order valence-electron chi connectivity index (χ1n) is 7.64. The van der Waals surface area contributed by atoms with E-state index in [1.165, 1.54) is 70.6 Å². The van der Waals surface area contributed by atoms with E-state index in [4.69, 9.17) is 0 Å². The van der Waals surface area contributed by atoms with Crippen molar-refractivity contribution in [1.29, 1.82) is 0 Å². The molecule has 0 aromatic rings. The summed E-state index contributed by atoms with van der Waals surface area (Å²) in [4.78, 5) is 0. The van der Waals surface area contributed by atoms with Crippen LogP contribution in [-0.4, -0.2) is 0 Å². The van der Waals surface area contributed by atoms with Gasteiger partial charge in [0.05, 0.1) is 0 Å². The lowest BCUT2D eigenvalue weighted by molar-refractivity contribution is 0.269. The lowest BCUT2D eigenvalue weighted by atomic mass is 9.80. The fraction of sp³-hybridized carbons (Fsp3) is 1.00. The number of rotatable bonds is 1. The molecule has 0 heterocycles. The van der Waals surface area contributed by atoms with Crippen LogP contribution in [0.3, 0.4) is 0 Å². The van der Waals surface area contributed by atoms with Crippen molar-refractivity contribution in [1.82, 2.24) is 0 Å². The predicted octanol–water partition coefficient (Wildman–Crippen LogP) is 5.95. The van der Waals surface area contributed by atoms with E-state index < -0.39 is 0 Å². The first-order valence-corrected chi connectivity index (χ1v) is 7.64. The minimum absolute atomic E-state index is 0.612. The molecule has 1 atom stereocenters. The maximum Gasteiger partial charge on any atom is -0.0354 e. The second-order valence-corrected chi connectivity index (χ2v) is 6.64. The van der Waals surface area contributed by atoms with E-state index in [0.29, 0.717) is 5.41 Å². The van der Waals surface area contributed by atoms with Gasteiger partial charge in [-0.05, 0) is 24.2 Å². The van der Waals surface area contributed by atoms with Crippen molar-refractivity contribution in [2.45, 2.75) is 91.4 Å². The lowest BCUT2D eigenvalue weighted by Gasteiger charge is -2.26. The third-order valence-electron chi connectivity index (χ3n) is 4.51. The molecule has 16 heavy (non-hydrogen) atoms. The Kier molecular flexibility index (Phi) is 6.46. The van der Waals surface area contributed by atoms with Gasteiger partial charge in [0.2, 0.25) is 0 Å². The molecule has 0 heteroatoms. The Hall–Kier alpha value is 0. The highest BCUT2D eigenvalue weighted by Gasteiger charge is 2.17. The molecule has 1 saturated carbocycles. The van der Waals surface area contributed by atoms with Gasteiger partial charge in [-0.1, -0.05) is 78.6 Å². The van der Waals surface area contributed by atoms with Crippen LogP contribution in [0, 0.1) is 11.3 Å². The van der Waals surface area contributed by atoms with Gasteiger partial charge in [-0.3, -0.25) is 0 Å². The summed E-state index contributed by atoms with van der Waals surface area (Å²) in [7, 11) is 0. The van der Waals surface area contributed by atoms with Crippen LogP contribution in [-0.2, 0) is 0 Å². The highest BCUT2D eigenvalue weighted by molar-refractivity contribution is 4.70. The summed E-state index contributed by atoms with van der Waals surface area (Å²) < 4.78 is 0. The Balaban J connectivity index is 2.35. The standard InChI is InChI=1S/C16H32/c1-4-15-11-7-5-6-9-13-16(2,3)14-10-8-12-15/h15H,4-14H2,1-3H3. The molecule has 0 spiro atoms. The maximum absolute atomic E-state index is 2.47. The van der Waals surface area contributed by atoms with Crippen LogP contribution in [0.5, 0.6) is 0 Å². The second kappa shape index (κ2) is 7.35. The van der Waals surface area contributed by atoms with Crippen molar-refractivity contribution in [2.24, 2.45) is 11.3 Å². The fourth-order valence-corrected chi connectivity index (χ4v) is 3.10. The van der Waals surface area contributed by atoms with Gasteiger partial charge in [0, 0.05) is 0 Å². The van der Waals surface area contributed by atoms with Crippen LogP contribution < -0.4 is 0 Å². The maximum atomic E-state index is 2.47. The summed E-state index contributed by atoms with van der Waals surface area (Å²) in [6.45, 7) is 7.31. The summed E-state index contributed by atoms with van der Waals surface area (Å²) in [5, 5.41) is 0. The first kappa shape index (κ1) is 14.1. The molecule has 1 aliphatic carbocycles. The van der Waals surface area contributed by atoms with Gasteiger partial charge < -0.3 is 0 Å².